The molecule has 5 nitrogen and oxygen atoms in total. The van der Waals surface area contributed by atoms with E-state index in [0.29, 0.717) is 17.3 Å². The van der Waals surface area contributed by atoms with Gasteiger partial charge in [-0.25, -0.2) is 9.97 Å². The van der Waals surface area contributed by atoms with Crippen LogP contribution in [0, 0.1) is 6.92 Å². The summed E-state index contributed by atoms with van der Waals surface area (Å²) in [6.07, 6.45) is 1.76. The number of aryl methyl sites for hydroxylation is 1. The molecule has 2 N–H and O–H groups in total. The zero-order valence-electron chi connectivity index (χ0n) is 12.4. The number of benzene rings is 1. The third-order valence-corrected chi connectivity index (χ3v) is 3.98. The van der Waals surface area contributed by atoms with Crippen LogP contribution in [0.4, 0.5) is 0 Å². The molecule has 0 radical (unpaired) electrons. The molecule has 0 aliphatic carbocycles. The highest BCUT2D eigenvalue weighted by Crippen LogP contribution is 2.30. The van der Waals surface area contributed by atoms with Crippen molar-refractivity contribution in [2.75, 3.05) is 20.0 Å². The second-order valence-electron chi connectivity index (χ2n) is 4.51. The monoisotopic (exact) mass is 305 g/mol. The smallest absolute Gasteiger partial charge is 0.187 e. The Morgan fingerprint density at radius 3 is 2.62 bits per heavy atom. The van der Waals surface area contributed by atoms with Crippen molar-refractivity contribution in [2.24, 2.45) is 5.73 Å². The Morgan fingerprint density at radius 2 is 1.95 bits per heavy atom. The Labute approximate surface area is 128 Å². The standard InChI is InChI=1S/C15H19N3O2S/c1-10-6-7-17-15(18-10)21-9-12(16)11-4-5-13(19-2)14(8-11)20-3/h4-8,12H,9,16H2,1-3H3. The molecule has 2 rings (SSSR count). The third kappa shape index (κ3) is 4.09. The molecular weight excluding hydrogens is 286 g/mol. The number of hydrogen-bond acceptors (Lipinski definition) is 6. The molecule has 0 saturated carbocycles. The molecule has 1 unspecified atom stereocenters. The number of hydrogen-bond donors (Lipinski definition) is 1. The van der Waals surface area contributed by atoms with Crippen molar-refractivity contribution < 1.29 is 9.47 Å². The Hall–Kier alpha value is -1.79. The Morgan fingerprint density at radius 1 is 1.19 bits per heavy atom. The van der Waals surface area contributed by atoms with Gasteiger partial charge < -0.3 is 15.2 Å². The quantitative estimate of drug-likeness (QED) is 0.653. The van der Waals surface area contributed by atoms with E-state index in [4.69, 9.17) is 15.2 Å². The topological polar surface area (TPSA) is 70.3 Å². The maximum atomic E-state index is 6.22. The minimum absolute atomic E-state index is 0.126. The van der Waals surface area contributed by atoms with E-state index in [1.165, 1.54) is 0 Å². The van der Waals surface area contributed by atoms with Gasteiger partial charge in [0.15, 0.2) is 16.7 Å². The van der Waals surface area contributed by atoms with Gasteiger partial charge in [-0.1, -0.05) is 17.8 Å². The molecule has 1 atom stereocenters. The molecule has 112 valence electrons. The minimum Gasteiger partial charge on any atom is -0.493 e. The molecular formula is C15H19N3O2S. The molecule has 0 spiro atoms. The fourth-order valence-electron chi connectivity index (χ4n) is 1.84. The lowest BCUT2D eigenvalue weighted by Gasteiger charge is -2.14. The van der Waals surface area contributed by atoms with E-state index in [1.807, 2.05) is 31.2 Å². The van der Waals surface area contributed by atoms with Crippen LogP contribution in [0.2, 0.25) is 0 Å². The van der Waals surface area contributed by atoms with E-state index >= 15 is 0 Å². The summed E-state index contributed by atoms with van der Waals surface area (Å²) in [6, 6.07) is 7.46. The molecule has 6 heteroatoms. The molecule has 0 saturated heterocycles. The third-order valence-electron chi connectivity index (χ3n) is 3.00. The normalized spacial score (nSPS) is 12.0. The van der Waals surface area contributed by atoms with Gasteiger partial charge in [-0.15, -0.1) is 0 Å². The van der Waals surface area contributed by atoms with Gasteiger partial charge in [-0.2, -0.15) is 0 Å². The van der Waals surface area contributed by atoms with E-state index in [-0.39, 0.29) is 6.04 Å². The van der Waals surface area contributed by atoms with Crippen LogP contribution in [0.5, 0.6) is 11.5 Å². The average molecular weight is 305 g/mol. The van der Waals surface area contributed by atoms with E-state index in [9.17, 15) is 0 Å². The molecule has 1 heterocycles. The lowest BCUT2D eigenvalue weighted by Crippen LogP contribution is -2.13. The second kappa shape index (κ2) is 7.28. The van der Waals surface area contributed by atoms with Crippen molar-refractivity contribution in [1.29, 1.82) is 0 Å². The highest BCUT2D eigenvalue weighted by molar-refractivity contribution is 7.99. The fourth-order valence-corrected chi connectivity index (χ4v) is 2.70. The van der Waals surface area contributed by atoms with Crippen LogP contribution in [0.25, 0.3) is 0 Å². The molecule has 21 heavy (non-hydrogen) atoms. The summed E-state index contributed by atoms with van der Waals surface area (Å²) in [5.41, 5.74) is 8.17. The summed E-state index contributed by atoms with van der Waals surface area (Å²) in [6.45, 7) is 1.94. The predicted octanol–water partition coefficient (Wildman–Crippen LogP) is 2.59. The first-order chi connectivity index (χ1) is 10.1. The van der Waals surface area contributed by atoms with E-state index in [2.05, 4.69) is 9.97 Å². The Bertz CT molecular complexity index is 607. The highest BCUT2D eigenvalue weighted by atomic mass is 32.2. The molecule has 1 aromatic carbocycles. The highest BCUT2D eigenvalue weighted by Gasteiger charge is 2.12. The van der Waals surface area contributed by atoms with Crippen molar-refractivity contribution in [1.82, 2.24) is 9.97 Å². The van der Waals surface area contributed by atoms with Crippen molar-refractivity contribution in [3.05, 3.63) is 41.7 Å². The Balaban J connectivity index is 2.04. The number of nitrogens with zero attached hydrogens (tertiary/aromatic N) is 2. The van der Waals surface area contributed by atoms with Crippen LogP contribution in [0.15, 0.2) is 35.6 Å². The van der Waals surface area contributed by atoms with Gasteiger partial charge >= 0.3 is 0 Å². The first kappa shape index (κ1) is 15.6. The van der Waals surface area contributed by atoms with Gasteiger partial charge in [0, 0.05) is 23.7 Å². The van der Waals surface area contributed by atoms with E-state index in [1.54, 1.807) is 32.2 Å². The number of rotatable bonds is 6. The molecule has 0 bridgehead atoms. The zero-order valence-corrected chi connectivity index (χ0v) is 13.2. The van der Waals surface area contributed by atoms with Gasteiger partial charge in [0.2, 0.25) is 0 Å². The summed E-state index contributed by atoms with van der Waals surface area (Å²) in [5, 5.41) is 0.742. The van der Waals surface area contributed by atoms with Crippen LogP contribution in [-0.4, -0.2) is 29.9 Å². The lowest BCUT2D eigenvalue weighted by atomic mass is 10.1. The largest absolute Gasteiger partial charge is 0.493 e. The number of aromatic nitrogens is 2. The average Bonchev–Trinajstić information content (AvgIpc) is 2.52. The number of nitrogens with two attached hydrogens (primary N) is 1. The predicted molar refractivity (Wildman–Crippen MR) is 84.0 cm³/mol. The van der Waals surface area contributed by atoms with Gasteiger partial charge in [-0.3, -0.25) is 0 Å². The Kier molecular flexibility index (Phi) is 5.41. The fraction of sp³-hybridized carbons (Fsp3) is 0.333. The maximum absolute atomic E-state index is 6.22. The van der Waals surface area contributed by atoms with Crippen molar-refractivity contribution >= 4 is 11.8 Å². The second-order valence-corrected chi connectivity index (χ2v) is 5.50. The number of methoxy groups -OCH3 is 2. The van der Waals surface area contributed by atoms with Crippen molar-refractivity contribution in [3.63, 3.8) is 0 Å². The minimum atomic E-state index is -0.126. The first-order valence-corrected chi connectivity index (χ1v) is 7.52. The molecule has 0 aliphatic rings. The van der Waals surface area contributed by atoms with E-state index < -0.39 is 0 Å². The van der Waals surface area contributed by atoms with Crippen LogP contribution in [-0.2, 0) is 0 Å². The molecule has 1 aromatic heterocycles. The summed E-state index contributed by atoms with van der Waals surface area (Å²) in [4.78, 5) is 8.57. The number of ether oxygens (including phenoxy) is 2. The van der Waals surface area contributed by atoms with Crippen LogP contribution < -0.4 is 15.2 Å². The lowest BCUT2D eigenvalue weighted by molar-refractivity contribution is 0.354. The molecule has 0 amide bonds. The summed E-state index contributed by atoms with van der Waals surface area (Å²) in [7, 11) is 3.23. The van der Waals surface area contributed by atoms with E-state index in [0.717, 1.165) is 16.4 Å². The van der Waals surface area contributed by atoms with Gasteiger partial charge in [0.05, 0.1) is 14.2 Å². The van der Waals surface area contributed by atoms with Crippen LogP contribution >= 0.6 is 11.8 Å². The van der Waals surface area contributed by atoms with Crippen molar-refractivity contribution in [2.45, 2.75) is 18.1 Å². The maximum Gasteiger partial charge on any atom is 0.187 e. The van der Waals surface area contributed by atoms with Gasteiger partial charge in [0.25, 0.3) is 0 Å². The SMILES string of the molecule is COc1ccc(C(N)CSc2nccc(C)n2)cc1OC. The number of thioether (sulfide) groups is 1. The first-order valence-electron chi connectivity index (χ1n) is 6.54. The van der Waals surface area contributed by atoms with Crippen LogP contribution in [0.3, 0.4) is 0 Å². The van der Waals surface area contributed by atoms with Crippen LogP contribution in [0.1, 0.15) is 17.3 Å². The van der Waals surface area contributed by atoms with Gasteiger partial charge in [-0.05, 0) is 30.7 Å². The summed E-state index contributed by atoms with van der Waals surface area (Å²) < 4.78 is 10.5. The summed E-state index contributed by atoms with van der Waals surface area (Å²) >= 11 is 1.54. The molecule has 0 fully saturated rings. The summed E-state index contributed by atoms with van der Waals surface area (Å²) in [5.74, 6) is 2.07. The molecule has 2 aromatic rings. The van der Waals surface area contributed by atoms with Gasteiger partial charge in [0.1, 0.15) is 0 Å². The van der Waals surface area contributed by atoms with Crippen molar-refractivity contribution in [3.8, 4) is 11.5 Å². The zero-order chi connectivity index (χ0) is 15.2. The molecule has 0 aliphatic heterocycles.